The highest BCUT2D eigenvalue weighted by Crippen LogP contribution is 2.31. The van der Waals surface area contributed by atoms with E-state index in [1.807, 2.05) is 13.8 Å². The number of nitrogens with zero attached hydrogens (tertiary/aromatic N) is 1. The monoisotopic (exact) mass is 308 g/mol. The maximum atomic E-state index is 12.2. The molecule has 0 spiro atoms. The van der Waals surface area contributed by atoms with Crippen LogP contribution in [0.5, 0.6) is 0 Å². The first-order valence-corrected chi connectivity index (χ1v) is 9.11. The minimum Gasteiger partial charge on any atom is -0.355 e. The molecule has 0 radical (unpaired) electrons. The number of carbonyl (C=O) groups is 2. The molecule has 2 rings (SSSR count). The highest BCUT2D eigenvalue weighted by atomic mass is 16.2. The molecule has 1 heterocycles. The molecule has 4 nitrogen and oxygen atoms in total. The highest BCUT2D eigenvalue weighted by Gasteiger charge is 2.30. The van der Waals surface area contributed by atoms with Crippen molar-refractivity contribution < 1.29 is 9.59 Å². The Labute approximate surface area is 135 Å². The van der Waals surface area contributed by atoms with Gasteiger partial charge in [-0.2, -0.15) is 0 Å². The molecule has 4 heteroatoms. The van der Waals surface area contributed by atoms with Gasteiger partial charge in [0.15, 0.2) is 0 Å². The molecule has 0 aromatic carbocycles. The number of hydrogen-bond acceptors (Lipinski definition) is 3. The van der Waals surface area contributed by atoms with Gasteiger partial charge in [-0.3, -0.25) is 9.59 Å². The SMILES string of the molecule is CC(C)C(=O)[C@H]1CC[C@H](C(=O)NCCN2CCCCC2)CC1. The summed E-state index contributed by atoms with van der Waals surface area (Å²) in [6.07, 6.45) is 7.46. The summed E-state index contributed by atoms with van der Waals surface area (Å²) < 4.78 is 0. The molecule has 0 aromatic rings. The van der Waals surface area contributed by atoms with Gasteiger partial charge in [-0.05, 0) is 51.6 Å². The van der Waals surface area contributed by atoms with Crippen LogP contribution in [-0.4, -0.2) is 42.8 Å². The van der Waals surface area contributed by atoms with E-state index >= 15 is 0 Å². The van der Waals surface area contributed by atoms with Crippen molar-refractivity contribution in [3.63, 3.8) is 0 Å². The molecular formula is C18H32N2O2. The van der Waals surface area contributed by atoms with E-state index in [1.165, 1.54) is 32.4 Å². The van der Waals surface area contributed by atoms with Crippen molar-refractivity contribution in [2.75, 3.05) is 26.2 Å². The quantitative estimate of drug-likeness (QED) is 0.820. The van der Waals surface area contributed by atoms with Crippen molar-refractivity contribution in [1.82, 2.24) is 10.2 Å². The summed E-state index contributed by atoms with van der Waals surface area (Å²) in [5, 5.41) is 3.10. The molecular weight excluding hydrogens is 276 g/mol. The second kappa shape index (κ2) is 8.66. The fraction of sp³-hybridized carbons (Fsp3) is 0.889. The lowest BCUT2D eigenvalue weighted by Crippen LogP contribution is -2.40. The summed E-state index contributed by atoms with van der Waals surface area (Å²) in [5.74, 6) is 1.02. The van der Waals surface area contributed by atoms with Crippen LogP contribution in [-0.2, 0) is 9.59 Å². The van der Waals surface area contributed by atoms with Gasteiger partial charge in [0.25, 0.3) is 0 Å². The zero-order chi connectivity index (χ0) is 15.9. The first-order valence-electron chi connectivity index (χ1n) is 9.11. The summed E-state index contributed by atoms with van der Waals surface area (Å²) in [4.78, 5) is 26.7. The molecule has 0 unspecified atom stereocenters. The zero-order valence-electron chi connectivity index (χ0n) is 14.3. The number of likely N-dealkylation sites (tertiary alicyclic amines) is 1. The molecule has 0 atom stereocenters. The standard InChI is InChI=1S/C18H32N2O2/c1-14(2)17(21)15-6-8-16(9-7-15)18(22)19-10-13-20-11-4-3-5-12-20/h14-16H,3-13H2,1-2H3,(H,19,22)/t15-,16-. The Hall–Kier alpha value is -0.900. The molecule has 1 aliphatic carbocycles. The Balaban J connectivity index is 1.63. The van der Waals surface area contributed by atoms with Gasteiger partial charge >= 0.3 is 0 Å². The molecule has 2 fully saturated rings. The average Bonchev–Trinajstić information content (AvgIpc) is 2.55. The maximum absolute atomic E-state index is 12.2. The lowest BCUT2D eigenvalue weighted by atomic mass is 9.77. The lowest BCUT2D eigenvalue weighted by Gasteiger charge is -2.29. The van der Waals surface area contributed by atoms with Gasteiger partial charge < -0.3 is 10.2 Å². The first kappa shape index (κ1) is 17.5. The predicted molar refractivity (Wildman–Crippen MR) is 88.6 cm³/mol. The van der Waals surface area contributed by atoms with E-state index in [0.717, 1.165) is 38.8 Å². The summed E-state index contributed by atoms with van der Waals surface area (Å²) in [6, 6.07) is 0. The van der Waals surface area contributed by atoms with E-state index in [9.17, 15) is 9.59 Å². The van der Waals surface area contributed by atoms with Gasteiger partial charge in [-0.1, -0.05) is 20.3 Å². The Kier molecular flexibility index (Phi) is 6.87. The van der Waals surface area contributed by atoms with Crippen LogP contribution >= 0.6 is 0 Å². The van der Waals surface area contributed by atoms with Crippen LogP contribution in [0, 0.1) is 17.8 Å². The van der Waals surface area contributed by atoms with Crippen LogP contribution in [0.2, 0.25) is 0 Å². The van der Waals surface area contributed by atoms with E-state index in [2.05, 4.69) is 10.2 Å². The average molecular weight is 308 g/mol. The number of amides is 1. The van der Waals surface area contributed by atoms with Crippen molar-refractivity contribution in [3.8, 4) is 0 Å². The first-order chi connectivity index (χ1) is 10.6. The Morgan fingerprint density at radius 3 is 2.18 bits per heavy atom. The van der Waals surface area contributed by atoms with Crippen molar-refractivity contribution in [2.45, 2.75) is 58.8 Å². The molecule has 22 heavy (non-hydrogen) atoms. The molecule has 0 bridgehead atoms. The van der Waals surface area contributed by atoms with E-state index in [-0.39, 0.29) is 23.7 Å². The summed E-state index contributed by atoms with van der Waals surface area (Å²) in [5.41, 5.74) is 0. The second-order valence-electron chi connectivity index (χ2n) is 7.30. The minimum absolute atomic E-state index is 0.123. The van der Waals surface area contributed by atoms with Crippen LogP contribution in [0.4, 0.5) is 0 Å². The summed E-state index contributed by atoms with van der Waals surface area (Å²) >= 11 is 0. The Morgan fingerprint density at radius 2 is 1.59 bits per heavy atom. The van der Waals surface area contributed by atoms with Crippen LogP contribution in [0.25, 0.3) is 0 Å². The number of nitrogens with one attached hydrogen (secondary N) is 1. The van der Waals surface area contributed by atoms with Gasteiger partial charge in [-0.15, -0.1) is 0 Å². The van der Waals surface area contributed by atoms with Crippen molar-refractivity contribution >= 4 is 11.7 Å². The molecule has 2 aliphatic rings. The largest absolute Gasteiger partial charge is 0.355 e. The van der Waals surface area contributed by atoms with E-state index < -0.39 is 0 Å². The Morgan fingerprint density at radius 1 is 1.00 bits per heavy atom. The number of hydrogen-bond donors (Lipinski definition) is 1. The van der Waals surface area contributed by atoms with E-state index in [1.54, 1.807) is 0 Å². The van der Waals surface area contributed by atoms with E-state index in [0.29, 0.717) is 5.78 Å². The predicted octanol–water partition coefficient (Wildman–Crippen LogP) is 2.62. The third-order valence-electron chi connectivity index (χ3n) is 5.25. The van der Waals surface area contributed by atoms with Gasteiger partial charge in [0.2, 0.25) is 5.91 Å². The number of ketones is 1. The third-order valence-corrected chi connectivity index (χ3v) is 5.25. The van der Waals surface area contributed by atoms with Crippen LogP contribution in [0.15, 0.2) is 0 Å². The summed E-state index contributed by atoms with van der Waals surface area (Å²) in [7, 11) is 0. The molecule has 1 amide bonds. The number of piperidine rings is 1. The number of carbonyl (C=O) groups excluding carboxylic acids is 2. The molecule has 1 saturated heterocycles. The topological polar surface area (TPSA) is 49.4 Å². The van der Waals surface area contributed by atoms with E-state index in [4.69, 9.17) is 0 Å². The van der Waals surface area contributed by atoms with Gasteiger partial charge in [-0.25, -0.2) is 0 Å². The van der Waals surface area contributed by atoms with Crippen molar-refractivity contribution in [3.05, 3.63) is 0 Å². The van der Waals surface area contributed by atoms with Crippen LogP contribution in [0.1, 0.15) is 58.8 Å². The maximum Gasteiger partial charge on any atom is 0.223 e. The summed E-state index contributed by atoms with van der Waals surface area (Å²) in [6.45, 7) is 8.05. The number of Topliss-reactive ketones (excluding diaryl/α,β-unsaturated/α-hetero) is 1. The van der Waals surface area contributed by atoms with Crippen molar-refractivity contribution in [1.29, 1.82) is 0 Å². The van der Waals surface area contributed by atoms with Crippen LogP contribution < -0.4 is 5.32 Å². The number of rotatable bonds is 6. The molecule has 1 N–H and O–H groups in total. The zero-order valence-corrected chi connectivity index (χ0v) is 14.3. The van der Waals surface area contributed by atoms with Crippen molar-refractivity contribution in [2.24, 2.45) is 17.8 Å². The minimum atomic E-state index is 0.123. The fourth-order valence-electron chi connectivity index (χ4n) is 3.78. The fourth-order valence-corrected chi connectivity index (χ4v) is 3.78. The van der Waals surface area contributed by atoms with Gasteiger partial charge in [0.1, 0.15) is 5.78 Å². The van der Waals surface area contributed by atoms with Gasteiger partial charge in [0.05, 0.1) is 0 Å². The smallest absolute Gasteiger partial charge is 0.223 e. The lowest BCUT2D eigenvalue weighted by molar-refractivity contribution is -0.131. The normalized spacial score (nSPS) is 26.9. The highest BCUT2D eigenvalue weighted by molar-refractivity contribution is 5.83. The second-order valence-corrected chi connectivity index (χ2v) is 7.30. The van der Waals surface area contributed by atoms with Crippen LogP contribution in [0.3, 0.4) is 0 Å². The third kappa shape index (κ3) is 5.08. The molecule has 0 aromatic heterocycles. The van der Waals surface area contributed by atoms with Gasteiger partial charge in [0, 0.05) is 30.8 Å². The Bertz CT molecular complexity index is 367. The molecule has 1 aliphatic heterocycles. The molecule has 126 valence electrons. The molecule has 1 saturated carbocycles.